The van der Waals surface area contributed by atoms with Crippen LogP contribution in [0.2, 0.25) is 0 Å². The molecule has 3 N–H and O–H groups in total. The largest absolute Gasteiger partial charge is 0.325 e. The number of piperidine rings is 1. The first-order chi connectivity index (χ1) is 7.24. The van der Waals surface area contributed by atoms with Crippen LogP contribution in [0.25, 0.3) is 0 Å². The summed E-state index contributed by atoms with van der Waals surface area (Å²) >= 11 is 0. The van der Waals surface area contributed by atoms with Crippen LogP contribution in [-0.4, -0.2) is 22.6 Å². The van der Waals surface area contributed by atoms with Gasteiger partial charge < -0.3 is 10.3 Å². The molecule has 1 fully saturated rings. The van der Waals surface area contributed by atoms with E-state index >= 15 is 0 Å². The van der Waals surface area contributed by atoms with E-state index in [0.29, 0.717) is 11.7 Å². The summed E-state index contributed by atoms with van der Waals surface area (Å²) in [6, 6.07) is 1.84. The van der Waals surface area contributed by atoms with Crippen LogP contribution >= 0.6 is 0 Å². The maximum atomic E-state index is 11.1. The topological polar surface area (TPSA) is 77.8 Å². The SMILES string of the molecule is O=c1cc(CC2CCCCN2)[nH]c(=O)[nH]1. The zero-order valence-electron chi connectivity index (χ0n) is 8.51. The zero-order valence-corrected chi connectivity index (χ0v) is 8.51. The van der Waals surface area contributed by atoms with Crippen molar-refractivity contribution in [3.8, 4) is 0 Å². The minimum Gasteiger partial charge on any atom is -0.314 e. The number of H-pyrrole nitrogens is 2. The van der Waals surface area contributed by atoms with E-state index in [-0.39, 0.29) is 5.56 Å². The molecule has 2 heterocycles. The predicted octanol–water partition coefficient (Wildman–Crippen LogP) is -0.252. The van der Waals surface area contributed by atoms with Gasteiger partial charge in [0.1, 0.15) is 0 Å². The summed E-state index contributed by atoms with van der Waals surface area (Å²) in [6.07, 6.45) is 4.25. The minimum absolute atomic E-state index is 0.329. The normalized spacial score (nSPS) is 21.5. The zero-order chi connectivity index (χ0) is 10.7. The summed E-state index contributed by atoms with van der Waals surface area (Å²) in [5.41, 5.74) is -0.0407. The van der Waals surface area contributed by atoms with Crippen molar-refractivity contribution in [2.75, 3.05) is 6.54 Å². The van der Waals surface area contributed by atoms with E-state index in [4.69, 9.17) is 0 Å². The first-order valence-corrected chi connectivity index (χ1v) is 5.30. The van der Waals surface area contributed by atoms with Crippen LogP contribution in [0.15, 0.2) is 15.7 Å². The van der Waals surface area contributed by atoms with Gasteiger partial charge in [0.15, 0.2) is 0 Å². The van der Waals surface area contributed by atoms with E-state index in [1.807, 2.05) is 0 Å². The molecule has 0 bridgehead atoms. The lowest BCUT2D eigenvalue weighted by molar-refractivity contribution is 0.396. The number of hydrogen-bond donors (Lipinski definition) is 3. The third-order valence-electron chi connectivity index (χ3n) is 2.69. The summed E-state index contributed by atoms with van der Waals surface area (Å²) in [5, 5.41) is 3.37. The average molecular weight is 209 g/mol. The molecular formula is C10H15N3O2. The van der Waals surface area contributed by atoms with E-state index in [0.717, 1.165) is 19.4 Å². The highest BCUT2D eigenvalue weighted by atomic mass is 16.2. The van der Waals surface area contributed by atoms with E-state index in [1.54, 1.807) is 0 Å². The Bertz CT molecular complexity index is 401. The predicted molar refractivity (Wildman–Crippen MR) is 57.0 cm³/mol. The molecule has 1 aromatic rings. The van der Waals surface area contributed by atoms with Crippen LogP contribution in [0.3, 0.4) is 0 Å². The average Bonchev–Trinajstić information content (AvgIpc) is 2.17. The molecule has 82 valence electrons. The second-order valence-electron chi connectivity index (χ2n) is 3.96. The van der Waals surface area contributed by atoms with E-state index in [9.17, 15) is 9.59 Å². The monoisotopic (exact) mass is 209 g/mol. The molecule has 1 aliphatic heterocycles. The van der Waals surface area contributed by atoms with Gasteiger partial charge in [0.05, 0.1) is 0 Å². The second kappa shape index (κ2) is 4.44. The highest BCUT2D eigenvalue weighted by molar-refractivity contribution is 5.01. The van der Waals surface area contributed by atoms with Gasteiger partial charge in [-0.05, 0) is 19.4 Å². The Kier molecular flexibility index (Phi) is 3.01. The second-order valence-corrected chi connectivity index (χ2v) is 3.96. The van der Waals surface area contributed by atoms with Gasteiger partial charge in [-0.3, -0.25) is 9.78 Å². The molecule has 0 radical (unpaired) electrons. The molecule has 15 heavy (non-hydrogen) atoms. The van der Waals surface area contributed by atoms with Crippen LogP contribution in [0.4, 0.5) is 0 Å². The number of nitrogens with one attached hydrogen (secondary N) is 3. The molecule has 1 aliphatic rings. The minimum atomic E-state index is -0.423. The summed E-state index contributed by atoms with van der Waals surface area (Å²) in [5.74, 6) is 0. The highest BCUT2D eigenvalue weighted by Gasteiger charge is 2.13. The van der Waals surface area contributed by atoms with E-state index in [1.165, 1.54) is 18.9 Å². The third-order valence-corrected chi connectivity index (χ3v) is 2.69. The van der Waals surface area contributed by atoms with Crippen LogP contribution in [0.1, 0.15) is 25.0 Å². The van der Waals surface area contributed by atoms with Crippen LogP contribution < -0.4 is 16.6 Å². The van der Waals surface area contributed by atoms with Gasteiger partial charge in [-0.25, -0.2) is 4.79 Å². The lowest BCUT2D eigenvalue weighted by atomic mass is 10.0. The van der Waals surface area contributed by atoms with Crippen LogP contribution in [0.5, 0.6) is 0 Å². The molecule has 1 atom stereocenters. The van der Waals surface area contributed by atoms with Gasteiger partial charge in [-0.15, -0.1) is 0 Å². The smallest absolute Gasteiger partial charge is 0.314 e. The maximum absolute atomic E-state index is 11.1. The molecule has 5 heteroatoms. The number of rotatable bonds is 2. The molecule has 0 aliphatic carbocycles. The molecular weight excluding hydrogens is 194 g/mol. The van der Waals surface area contributed by atoms with Crippen molar-refractivity contribution in [1.29, 1.82) is 0 Å². The van der Waals surface area contributed by atoms with Gasteiger partial charge in [-0.2, -0.15) is 0 Å². The highest BCUT2D eigenvalue weighted by Crippen LogP contribution is 2.09. The first kappa shape index (κ1) is 10.2. The Labute approximate surface area is 86.9 Å². The van der Waals surface area contributed by atoms with Crippen molar-refractivity contribution in [2.45, 2.75) is 31.7 Å². The maximum Gasteiger partial charge on any atom is 0.325 e. The molecule has 0 aromatic carbocycles. The lowest BCUT2D eigenvalue weighted by Crippen LogP contribution is -2.36. The van der Waals surface area contributed by atoms with E-state index < -0.39 is 5.69 Å². The number of hydrogen-bond acceptors (Lipinski definition) is 3. The van der Waals surface area contributed by atoms with Crippen molar-refractivity contribution in [3.63, 3.8) is 0 Å². The molecule has 1 aromatic heterocycles. The summed E-state index contributed by atoms with van der Waals surface area (Å²) in [4.78, 5) is 26.9. The fourth-order valence-electron chi connectivity index (χ4n) is 1.99. The summed E-state index contributed by atoms with van der Waals surface area (Å²) < 4.78 is 0. The van der Waals surface area contributed by atoms with Gasteiger partial charge >= 0.3 is 5.69 Å². The molecule has 2 rings (SSSR count). The van der Waals surface area contributed by atoms with Crippen molar-refractivity contribution in [3.05, 3.63) is 32.6 Å². The lowest BCUT2D eigenvalue weighted by Gasteiger charge is -2.22. The Morgan fingerprint density at radius 1 is 1.27 bits per heavy atom. The Balaban J connectivity index is 2.09. The van der Waals surface area contributed by atoms with Crippen LogP contribution in [-0.2, 0) is 6.42 Å². The number of aromatic amines is 2. The third kappa shape index (κ3) is 2.79. The Morgan fingerprint density at radius 3 is 2.80 bits per heavy atom. The Hall–Kier alpha value is -1.36. The fraction of sp³-hybridized carbons (Fsp3) is 0.600. The van der Waals surface area contributed by atoms with Gasteiger partial charge in [0.25, 0.3) is 5.56 Å². The van der Waals surface area contributed by atoms with Crippen molar-refractivity contribution in [1.82, 2.24) is 15.3 Å². The van der Waals surface area contributed by atoms with Crippen molar-refractivity contribution >= 4 is 0 Å². The van der Waals surface area contributed by atoms with Gasteiger partial charge in [0, 0.05) is 24.2 Å². The van der Waals surface area contributed by atoms with Crippen molar-refractivity contribution < 1.29 is 0 Å². The molecule has 1 saturated heterocycles. The van der Waals surface area contributed by atoms with E-state index in [2.05, 4.69) is 15.3 Å². The van der Waals surface area contributed by atoms with Gasteiger partial charge in [0.2, 0.25) is 0 Å². The summed E-state index contributed by atoms with van der Waals surface area (Å²) in [7, 11) is 0. The first-order valence-electron chi connectivity index (χ1n) is 5.30. The van der Waals surface area contributed by atoms with Crippen LogP contribution in [0, 0.1) is 0 Å². The molecule has 1 unspecified atom stereocenters. The van der Waals surface area contributed by atoms with Crippen molar-refractivity contribution in [2.24, 2.45) is 0 Å². The molecule has 0 amide bonds. The molecule has 0 saturated carbocycles. The van der Waals surface area contributed by atoms with Gasteiger partial charge in [-0.1, -0.05) is 6.42 Å². The molecule has 5 nitrogen and oxygen atoms in total. The quantitative estimate of drug-likeness (QED) is 0.628. The number of aromatic nitrogens is 2. The fourth-order valence-corrected chi connectivity index (χ4v) is 1.99. The standard InChI is InChI=1S/C10H15N3O2/c14-9-6-8(12-10(15)13-9)5-7-3-1-2-4-11-7/h6-7,11H,1-5H2,(H2,12,13,14,15). The molecule has 0 spiro atoms. The Morgan fingerprint density at radius 2 is 2.13 bits per heavy atom. The summed E-state index contributed by atoms with van der Waals surface area (Å²) in [6.45, 7) is 1.03.